The second-order valence-corrected chi connectivity index (χ2v) is 9.29. The average Bonchev–Trinajstić information content (AvgIpc) is 3.16. The molecule has 0 aliphatic carbocycles. The lowest BCUT2D eigenvalue weighted by Crippen LogP contribution is -2.43. The van der Waals surface area contributed by atoms with E-state index in [9.17, 15) is 8.42 Å². The van der Waals surface area contributed by atoms with Crippen molar-refractivity contribution in [1.82, 2.24) is 14.4 Å². The van der Waals surface area contributed by atoms with E-state index in [0.29, 0.717) is 24.8 Å². The van der Waals surface area contributed by atoms with Gasteiger partial charge in [-0.25, -0.2) is 12.8 Å². The van der Waals surface area contributed by atoms with Crippen LogP contribution < -0.4 is 0 Å². The molecule has 0 spiro atoms. The number of halogens is 1. The molecule has 2 aromatic rings. The quantitative estimate of drug-likeness (QED) is 0.696. The second-order valence-electron chi connectivity index (χ2n) is 7.35. The molecule has 9 heteroatoms. The molecule has 1 aromatic carbocycles. The van der Waals surface area contributed by atoms with Crippen molar-refractivity contribution in [2.75, 3.05) is 26.8 Å². The van der Waals surface area contributed by atoms with Crippen molar-refractivity contribution in [3.63, 3.8) is 0 Å². The summed E-state index contributed by atoms with van der Waals surface area (Å²) in [6.07, 6.45) is 0.382. The lowest BCUT2D eigenvalue weighted by atomic mass is 9.94. The van der Waals surface area contributed by atoms with Crippen molar-refractivity contribution in [2.45, 2.75) is 49.6 Å². The van der Waals surface area contributed by atoms with Crippen LogP contribution in [-0.4, -0.2) is 49.7 Å². The number of ether oxygens (including phenoxy) is 1. The van der Waals surface area contributed by atoms with Gasteiger partial charge in [-0.3, -0.25) is 0 Å². The van der Waals surface area contributed by atoms with Crippen LogP contribution in [0.4, 0.5) is 4.39 Å². The maximum absolute atomic E-state index is 15.3. The van der Waals surface area contributed by atoms with Gasteiger partial charge in [0, 0.05) is 39.5 Å². The van der Waals surface area contributed by atoms with Crippen LogP contribution in [-0.2, 0) is 26.8 Å². The number of rotatable bonds is 7. The summed E-state index contributed by atoms with van der Waals surface area (Å²) in [5, 5.41) is 3.77. The first-order valence-corrected chi connectivity index (χ1v) is 10.8. The molecule has 1 fully saturated rings. The Balaban J connectivity index is 1.69. The van der Waals surface area contributed by atoms with Crippen LogP contribution in [0.25, 0.3) is 0 Å². The number of benzene rings is 1. The maximum Gasteiger partial charge on any atom is 0.264 e. The molecule has 1 aliphatic rings. The van der Waals surface area contributed by atoms with Crippen LogP contribution in [0, 0.1) is 0 Å². The Bertz CT molecular complexity index is 888. The molecule has 28 heavy (non-hydrogen) atoms. The number of aromatic nitrogens is 2. The second kappa shape index (κ2) is 8.26. The van der Waals surface area contributed by atoms with Gasteiger partial charge in [-0.1, -0.05) is 31.1 Å². The van der Waals surface area contributed by atoms with Crippen molar-refractivity contribution in [3.05, 3.63) is 41.5 Å². The molecular formula is C19H26FN3O4S. The summed E-state index contributed by atoms with van der Waals surface area (Å²) in [5.74, 6) is 0.619. The molecule has 1 aromatic heterocycles. The molecule has 0 atom stereocenters. The third kappa shape index (κ3) is 4.26. The van der Waals surface area contributed by atoms with E-state index < -0.39 is 15.7 Å². The first-order valence-electron chi connectivity index (χ1n) is 9.37. The molecular weight excluding hydrogens is 385 g/mol. The van der Waals surface area contributed by atoms with Crippen LogP contribution in [0.1, 0.15) is 49.9 Å². The monoisotopic (exact) mass is 411 g/mol. The molecule has 0 saturated carbocycles. The van der Waals surface area contributed by atoms with Gasteiger partial charge in [0.2, 0.25) is 10.0 Å². The van der Waals surface area contributed by atoms with Crippen LogP contribution >= 0.6 is 0 Å². The Labute approximate surface area is 164 Å². The van der Waals surface area contributed by atoms with Crippen LogP contribution in [0.3, 0.4) is 0 Å². The Morgan fingerprint density at radius 3 is 2.46 bits per heavy atom. The fourth-order valence-electron chi connectivity index (χ4n) is 3.20. The zero-order chi connectivity index (χ0) is 20.4. The molecule has 154 valence electrons. The maximum atomic E-state index is 15.3. The molecule has 7 nitrogen and oxygen atoms in total. The van der Waals surface area contributed by atoms with Crippen LogP contribution in [0.2, 0.25) is 0 Å². The molecule has 3 rings (SSSR count). The summed E-state index contributed by atoms with van der Waals surface area (Å²) in [6.45, 7) is 4.63. The highest BCUT2D eigenvalue weighted by molar-refractivity contribution is 7.89. The predicted octanol–water partition coefficient (Wildman–Crippen LogP) is 3.03. The van der Waals surface area contributed by atoms with Gasteiger partial charge in [0.1, 0.15) is 0 Å². The summed E-state index contributed by atoms with van der Waals surface area (Å²) < 4.78 is 52.4. The minimum atomic E-state index is -3.66. The number of alkyl halides is 1. The van der Waals surface area contributed by atoms with E-state index in [2.05, 4.69) is 10.1 Å². The van der Waals surface area contributed by atoms with Gasteiger partial charge < -0.3 is 9.26 Å². The average molecular weight is 411 g/mol. The van der Waals surface area contributed by atoms with E-state index in [1.807, 2.05) is 26.0 Å². The van der Waals surface area contributed by atoms with Crippen LogP contribution in [0.15, 0.2) is 33.7 Å². The smallest absolute Gasteiger partial charge is 0.264 e. The van der Waals surface area contributed by atoms with Crippen molar-refractivity contribution in [1.29, 1.82) is 0 Å². The number of piperidine rings is 1. The van der Waals surface area contributed by atoms with E-state index in [4.69, 9.17) is 9.26 Å². The van der Waals surface area contributed by atoms with Gasteiger partial charge in [0.05, 0.1) is 11.5 Å². The van der Waals surface area contributed by atoms with E-state index in [0.717, 1.165) is 5.56 Å². The normalized spacial score (nSPS) is 17.9. The van der Waals surface area contributed by atoms with Gasteiger partial charge in [0.25, 0.3) is 5.89 Å². The minimum Gasteiger partial charge on any atom is -0.384 e. The first kappa shape index (κ1) is 20.9. The molecule has 2 heterocycles. The highest BCUT2D eigenvalue weighted by Gasteiger charge is 2.44. The Morgan fingerprint density at radius 1 is 1.25 bits per heavy atom. The zero-order valence-corrected chi connectivity index (χ0v) is 17.2. The Morgan fingerprint density at radius 2 is 1.89 bits per heavy atom. The molecule has 0 amide bonds. The molecule has 0 unspecified atom stereocenters. The summed E-state index contributed by atoms with van der Waals surface area (Å²) in [5.41, 5.74) is -0.743. The molecule has 1 aliphatic heterocycles. The van der Waals surface area contributed by atoms with Crippen molar-refractivity contribution in [2.24, 2.45) is 0 Å². The highest BCUT2D eigenvalue weighted by Crippen LogP contribution is 2.37. The van der Waals surface area contributed by atoms with E-state index in [1.165, 1.54) is 4.31 Å². The zero-order valence-electron chi connectivity index (χ0n) is 16.4. The summed E-state index contributed by atoms with van der Waals surface area (Å²) in [4.78, 5) is 4.34. The van der Waals surface area contributed by atoms with Gasteiger partial charge in [-0.15, -0.1) is 0 Å². The topological polar surface area (TPSA) is 85.5 Å². The standard InChI is InChI=1S/C19H26FN3O4S/c1-14(2)15-4-6-16(7-5-15)28(24,25)23-11-9-19(20,10-12-23)18-21-17(22-27-18)8-13-26-3/h4-7,14H,8-13H2,1-3H3. The van der Waals surface area contributed by atoms with Gasteiger partial charge in [-0.05, 0) is 23.6 Å². The lowest BCUT2D eigenvalue weighted by Gasteiger charge is -2.33. The summed E-state index contributed by atoms with van der Waals surface area (Å²) in [6, 6.07) is 6.87. The van der Waals surface area contributed by atoms with E-state index in [-0.39, 0.29) is 36.7 Å². The van der Waals surface area contributed by atoms with Crippen molar-refractivity contribution < 1.29 is 22.1 Å². The molecule has 1 saturated heterocycles. The fourth-order valence-corrected chi connectivity index (χ4v) is 4.64. The van der Waals surface area contributed by atoms with Crippen molar-refractivity contribution >= 4 is 10.0 Å². The van der Waals surface area contributed by atoms with E-state index >= 15 is 4.39 Å². The number of nitrogens with zero attached hydrogens (tertiary/aromatic N) is 3. The van der Waals surface area contributed by atoms with E-state index in [1.54, 1.807) is 19.2 Å². The van der Waals surface area contributed by atoms with Gasteiger partial charge in [-0.2, -0.15) is 9.29 Å². The lowest BCUT2D eigenvalue weighted by molar-refractivity contribution is 0.0511. The Kier molecular flexibility index (Phi) is 6.16. The third-order valence-electron chi connectivity index (χ3n) is 5.08. The molecule has 0 N–H and O–H groups in total. The number of hydrogen-bond donors (Lipinski definition) is 0. The number of sulfonamides is 1. The number of hydrogen-bond acceptors (Lipinski definition) is 6. The SMILES string of the molecule is COCCc1noc(C2(F)CCN(S(=O)(=O)c3ccc(C(C)C)cc3)CC2)n1. The molecule has 0 bridgehead atoms. The van der Waals surface area contributed by atoms with Crippen molar-refractivity contribution in [3.8, 4) is 0 Å². The van der Waals surface area contributed by atoms with Crippen LogP contribution in [0.5, 0.6) is 0 Å². The minimum absolute atomic E-state index is 0.0256. The summed E-state index contributed by atoms with van der Waals surface area (Å²) >= 11 is 0. The highest BCUT2D eigenvalue weighted by atomic mass is 32.2. The third-order valence-corrected chi connectivity index (χ3v) is 6.99. The van der Waals surface area contributed by atoms with Gasteiger partial charge >= 0.3 is 0 Å². The van der Waals surface area contributed by atoms with Gasteiger partial charge in [0.15, 0.2) is 11.5 Å². The first-order chi connectivity index (χ1) is 13.3. The number of methoxy groups -OCH3 is 1. The fraction of sp³-hybridized carbons (Fsp3) is 0.579. The largest absolute Gasteiger partial charge is 0.384 e. The predicted molar refractivity (Wildman–Crippen MR) is 101 cm³/mol. The Hall–Kier alpha value is -1.84. The molecule has 0 radical (unpaired) electrons. The summed E-state index contributed by atoms with van der Waals surface area (Å²) in [7, 11) is -2.10.